The summed E-state index contributed by atoms with van der Waals surface area (Å²) in [5.74, 6) is -0.0974. The molecule has 5 nitrogen and oxygen atoms in total. The van der Waals surface area contributed by atoms with Crippen molar-refractivity contribution in [1.29, 1.82) is 0 Å². The molecule has 1 fully saturated rings. The topological polar surface area (TPSA) is 60.5 Å². The number of nitrogens with zero attached hydrogens (tertiary/aromatic N) is 1. The van der Waals surface area contributed by atoms with E-state index in [2.05, 4.69) is 26.2 Å². The van der Waals surface area contributed by atoms with Crippen molar-refractivity contribution in [3.63, 3.8) is 0 Å². The highest BCUT2D eigenvalue weighted by atomic mass is 79.9. The van der Waals surface area contributed by atoms with Crippen LogP contribution in [0.1, 0.15) is 40.2 Å². The Bertz CT molecular complexity index is 616. The largest absolute Gasteiger partial charge is 0.492 e. The van der Waals surface area contributed by atoms with Crippen LogP contribution in [-0.2, 0) is 14.1 Å². The zero-order valence-corrected chi connectivity index (χ0v) is 15.7. The first-order valence-electron chi connectivity index (χ1n) is 7.52. The lowest BCUT2D eigenvalue weighted by Gasteiger charge is -2.32. The minimum atomic E-state index is -0.508. The quantitative estimate of drug-likeness (QED) is 0.815. The number of hydrogen-bond acceptors (Lipinski definition) is 4. The van der Waals surface area contributed by atoms with Gasteiger partial charge in [0.2, 0.25) is 5.91 Å². The number of pyridine rings is 1. The van der Waals surface area contributed by atoms with Gasteiger partial charge in [0, 0.05) is 30.3 Å². The SMILES string of the molecule is CC(=O)NCC(=Cc1cncc(Br)c1)B1OC(C)(C)C(C)(C)O1. The van der Waals surface area contributed by atoms with Crippen LogP contribution in [0, 0.1) is 0 Å². The molecule has 23 heavy (non-hydrogen) atoms. The van der Waals surface area contributed by atoms with E-state index in [1.165, 1.54) is 6.92 Å². The van der Waals surface area contributed by atoms with Gasteiger partial charge >= 0.3 is 7.12 Å². The van der Waals surface area contributed by atoms with Gasteiger partial charge in [-0.1, -0.05) is 6.08 Å². The van der Waals surface area contributed by atoms with Crippen LogP contribution in [0.4, 0.5) is 0 Å². The van der Waals surface area contributed by atoms with E-state index in [0.29, 0.717) is 6.54 Å². The summed E-state index contributed by atoms with van der Waals surface area (Å²) in [5.41, 5.74) is 0.901. The Kier molecular flexibility index (Phi) is 5.33. The van der Waals surface area contributed by atoms with E-state index >= 15 is 0 Å². The first kappa shape index (κ1) is 18.2. The molecule has 0 aromatic carbocycles. The molecule has 0 saturated carbocycles. The van der Waals surface area contributed by atoms with Crippen LogP contribution in [0.2, 0.25) is 0 Å². The fourth-order valence-electron chi connectivity index (χ4n) is 2.14. The van der Waals surface area contributed by atoms with Gasteiger partial charge in [0.25, 0.3) is 0 Å². The summed E-state index contributed by atoms with van der Waals surface area (Å²) in [5, 5.41) is 2.81. The van der Waals surface area contributed by atoms with Crippen LogP contribution in [0.15, 0.2) is 28.4 Å². The van der Waals surface area contributed by atoms with Crippen molar-refractivity contribution >= 4 is 35.0 Å². The molecule has 1 aliphatic heterocycles. The average molecular weight is 381 g/mol. The Labute approximate surface area is 146 Å². The zero-order valence-electron chi connectivity index (χ0n) is 14.1. The molecular formula is C16H22BBrN2O3. The second kappa shape index (κ2) is 6.75. The fraction of sp³-hybridized carbons (Fsp3) is 0.500. The zero-order chi connectivity index (χ0) is 17.3. The Balaban J connectivity index is 2.30. The molecule has 2 heterocycles. The van der Waals surface area contributed by atoms with Crippen molar-refractivity contribution in [2.45, 2.75) is 45.8 Å². The van der Waals surface area contributed by atoms with Crippen molar-refractivity contribution in [3.8, 4) is 0 Å². The summed E-state index contributed by atoms with van der Waals surface area (Å²) >= 11 is 3.41. The van der Waals surface area contributed by atoms with Crippen LogP contribution < -0.4 is 5.32 Å². The van der Waals surface area contributed by atoms with Gasteiger partial charge in [-0.25, -0.2) is 0 Å². The molecule has 0 radical (unpaired) electrons. The summed E-state index contributed by atoms with van der Waals surface area (Å²) in [6.45, 7) is 9.86. The molecule has 1 aliphatic rings. The molecule has 1 aromatic heterocycles. The molecule has 0 aliphatic carbocycles. The molecule has 0 atom stereocenters. The van der Waals surface area contributed by atoms with E-state index in [1.54, 1.807) is 12.4 Å². The number of carbonyl (C=O) groups excluding carboxylic acids is 1. The summed E-state index contributed by atoms with van der Waals surface area (Å²) in [6.07, 6.45) is 5.42. The average Bonchev–Trinajstić information content (AvgIpc) is 2.63. The van der Waals surface area contributed by atoms with Crippen LogP contribution in [-0.4, -0.2) is 35.8 Å². The van der Waals surface area contributed by atoms with Crippen LogP contribution in [0.3, 0.4) is 0 Å². The number of aromatic nitrogens is 1. The number of halogens is 1. The highest BCUT2D eigenvalue weighted by Gasteiger charge is 2.52. The Morgan fingerprint density at radius 3 is 2.43 bits per heavy atom. The highest BCUT2D eigenvalue weighted by molar-refractivity contribution is 9.10. The van der Waals surface area contributed by atoms with Gasteiger partial charge in [-0.15, -0.1) is 0 Å². The molecule has 124 valence electrons. The van der Waals surface area contributed by atoms with Crippen LogP contribution >= 0.6 is 15.9 Å². The van der Waals surface area contributed by atoms with E-state index < -0.39 is 18.3 Å². The number of amides is 1. The Morgan fingerprint density at radius 2 is 1.91 bits per heavy atom. The Hall–Kier alpha value is -1.18. The maximum absolute atomic E-state index is 11.3. The molecule has 7 heteroatoms. The molecular weight excluding hydrogens is 359 g/mol. The molecule has 0 bridgehead atoms. The predicted molar refractivity (Wildman–Crippen MR) is 94.7 cm³/mol. The second-order valence-electron chi connectivity index (χ2n) is 6.65. The van der Waals surface area contributed by atoms with Gasteiger partial charge in [0.15, 0.2) is 0 Å². The van der Waals surface area contributed by atoms with Crippen molar-refractivity contribution in [3.05, 3.63) is 34.0 Å². The molecule has 2 rings (SSSR count). The first-order chi connectivity index (χ1) is 10.6. The van der Waals surface area contributed by atoms with Gasteiger partial charge in [-0.05, 0) is 60.7 Å². The van der Waals surface area contributed by atoms with Gasteiger partial charge in [-0.3, -0.25) is 9.78 Å². The molecule has 0 spiro atoms. The summed E-state index contributed by atoms with van der Waals surface area (Å²) < 4.78 is 13.1. The number of carbonyl (C=O) groups is 1. The van der Waals surface area contributed by atoms with Crippen molar-refractivity contribution in [2.24, 2.45) is 0 Å². The van der Waals surface area contributed by atoms with E-state index in [9.17, 15) is 4.79 Å². The minimum absolute atomic E-state index is 0.0974. The van der Waals surface area contributed by atoms with Crippen molar-refractivity contribution in [2.75, 3.05) is 6.54 Å². The monoisotopic (exact) mass is 380 g/mol. The fourth-order valence-corrected chi connectivity index (χ4v) is 2.53. The summed E-state index contributed by atoms with van der Waals surface area (Å²) in [6, 6.07) is 1.95. The molecule has 1 N–H and O–H groups in total. The summed E-state index contributed by atoms with van der Waals surface area (Å²) in [4.78, 5) is 15.4. The van der Waals surface area contributed by atoms with Crippen molar-refractivity contribution < 1.29 is 14.1 Å². The van der Waals surface area contributed by atoms with E-state index in [-0.39, 0.29) is 5.91 Å². The van der Waals surface area contributed by atoms with Gasteiger partial charge in [-0.2, -0.15) is 0 Å². The third-order valence-corrected chi connectivity index (χ3v) is 4.61. The van der Waals surface area contributed by atoms with Crippen LogP contribution in [0.5, 0.6) is 0 Å². The lowest BCUT2D eigenvalue weighted by molar-refractivity contribution is -0.118. The molecule has 1 amide bonds. The Morgan fingerprint density at radius 1 is 1.30 bits per heavy atom. The first-order valence-corrected chi connectivity index (χ1v) is 8.31. The normalized spacial score (nSPS) is 19.7. The van der Waals surface area contributed by atoms with E-state index in [4.69, 9.17) is 9.31 Å². The summed E-state index contributed by atoms with van der Waals surface area (Å²) in [7, 11) is -0.508. The lowest BCUT2D eigenvalue weighted by atomic mass is 9.77. The lowest BCUT2D eigenvalue weighted by Crippen LogP contribution is -2.41. The molecule has 0 unspecified atom stereocenters. The van der Waals surface area contributed by atoms with Gasteiger partial charge < -0.3 is 14.6 Å². The standard InChI is InChI=1S/C16H22BBrN2O3/c1-11(21)20-9-13(6-12-7-14(18)10-19-8-12)17-22-15(2,3)16(4,5)23-17/h6-8,10H,9H2,1-5H3,(H,20,21). The number of hydrogen-bond donors (Lipinski definition) is 1. The second-order valence-corrected chi connectivity index (χ2v) is 7.57. The smallest absolute Gasteiger partial charge is 0.400 e. The maximum Gasteiger partial charge on any atom is 0.492 e. The number of rotatable bonds is 4. The van der Waals surface area contributed by atoms with Gasteiger partial charge in [0.1, 0.15) is 0 Å². The molecule has 1 saturated heterocycles. The highest BCUT2D eigenvalue weighted by Crippen LogP contribution is 2.38. The predicted octanol–water partition coefficient (Wildman–Crippen LogP) is 3.00. The van der Waals surface area contributed by atoms with Crippen molar-refractivity contribution in [1.82, 2.24) is 10.3 Å². The van der Waals surface area contributed by atoms with Crippen LogP contribution in [0.25, 0.3) is 6.08 Å². The van der Waals surface area contributed by atoms with Gasteiger partial charge in [0.05, 0.1) is 11.2 Å². The third kappa shape index (κ3) is 4.43. The number of nitrogens with one attached hydrogen (secondary N) is 1. The molecule has 1 aromatic rings. The minimum Gasteiger partial charge on any atom is -0.400 e. The van der Waals surface area contributed by atoms with E-state index in [1.807, 2.05) is 39.8 Å². The third-order valence-electron chi connectivity index (χ3n) is 4.18. The maximum atomic E-state index is 11.3. The van der Waals surface area contributed by atoms with E-state index in [0.717, 1.165) is 15.5 Å².